The van der Waals surface area contributed by atoms with Gasteiger partial charge in [0.2, 0.25) is 17.6 Å². The molecule has 1 amide bonds. The lowest BCUT2D eigenvalue weighted by Gasteiger charge is -2.36. The average Bonchev–Trinajstić information content (AvgIpc) is 3.23. The van der Waals surface area contributed by atoms with E-state index in [2.05, 4.69) is 10.1 Å². The first-order chi connectivity index (χ1) is 12.9. The number of morpholine rings is 1. The fourth-order valence-electron chi connectivity index (χ4n) is 3.44. The van der Waals surface area contributed by atoms with Gasteiger partial charge >= 0.3 is 0 Å². The van der Waals surface area contributed by atoms with E-state index in [0.717, 1.165) is 5.56 Å². The molecule has 27 heavy (non-hydrogen) atoms. The summed E-state index contributed by atoms with van der Waals surface area (Å²) in [6, 6.07) is 6.71. The van der Waals surface area contributed by atoms with Crippen LogP contribution in [0.25, 0.3) is 11.4 Å². The topological polar surface area (TPSA) is 112 Å². The van der Waals surface area contributed by atoms with Crippen LogP contribution in [0.1, 0.15) is 5.89 Å². The minimum absolute atomic E-state index is 0.0381. The average molecular weight is 393 g/mol. The van der Waals surface area contributed by atoms with Gasteiger partial charge in [-0.3, -0.25) is 4.79 Å². The van der Waals surface area contributed by atoms with Gasteiger partial charge < -0.3 is 18.9 Å². The number of benzene rings is 1. The number of hydrogen-bond donors (Lipinski definition) is 0. The van der Waals surface area contributed by atoms with Gasteiger partial charge in [0.1, 0.15) is 12.2 Å². The highest BCUT2D eigenvalue weighted by molar-refractivity contribution is 7.91. The first-order valence-electron chi connectivity index (χ1n) is 8.54. The van der Waals surface area contributed by atoms with Crippen LogP contribution in [-0.2, 0) is 25.8 Å². The Bertz CT molecular complexity index is 940. The molecule has 1 aromatic carbocycles. The number of hydrogen-bond acceptors (Lipinski definition) is 8. The molecule has 1 aromatic heterocycles. The summed E-state index contributed by atoms with van der Waals surface area (Å²) >= 11 is 0. The number of methoxy groups -OCH3 is 1. The fraction of sp³-hybridized carbons (Fsp3) is 0.471. The number of nitrogens with zero attached hydrogens (tertiary/aromatic N) is 3. The second kappa shape index (κ2) is 6.93. The predicted octanol–water partition coefficient (Wildman–Crippen LogP) is 0.312. The molecule has 2 unspecified atom stereocenters. The molecule has 3 heterocycles. The number of amides is 1. The standard InChI is InChI=1S/C17H19N3O6S/c1-24-12-4-2-11(3-5-12)17-18-15(26-19-17)8-16(21)20-6-7-25-14-10-27(22,23)9-13(14)20/h2-5,13-14H,6-10H2,1H3. The van der Waals surface area contributed by atoms with Gasteiger partial charge in [0.25, 0.3) is 0 Å². The van der Waals surface area contributed by atoms with Crippen molar-refractivity contribution in [2.75, 3.05) is 31.8 Å². The summed E-state index contributed by atoms with van der Waals surface area (Å²) in [6.45, 7) is 0.679. The zero-order valence-electron chi connectivity index (χ0n) is 14.7. The van der Waals surface area contributed by atoms with Gasteiger partial charge in [-0.15, -0.1) is 0 Å². The Morgan fingerprint density at radius 3 is 2.81 bits per heavy atom. The summed E-state index contributed by atoms with van der Waals surface area (Å²) in [7, 11) is -1.60. The largest absolute Gasteiger partial charge is 0.497 e. The number of ether oxygens (including phenoxy) is 2. The number of fused-ring (bicyclic) bond motifs is 1. The molecule has 10 heteroatoms. The van der Waals surface area contributed by atoms with E-state index in [4.69, 9.17) is 14.0 Å². The minimum Gasteiger partial charge on any atom is -0.497 e. The smallest absolute Gasteiger partial charge is 0.236 e. The van der Waals surface area contributed by atoms with Gasteiger partial charge in [0, 0.05) is 12.1 Å². The summed E-state index contributed by atoms with van der Waals surface area (Å²) < 4.78 is 39.5. The predicted molar refractivity (Wildman–Crippen MR) is 93.9 cm³/mol. The quantitative estimate of drug-likeness (QED) is 0.730. The molecule has 0 radical (unpaired) electrons. The fourth-order valence-corrected chi connectivity index (χ4v) is 5.31. The molecule has 4 rings (SSSR count). The third-order valence-corrected chi connectivity index (χ3v) is 6.46. The lowest BCUT2D eigenvalue weighted by atomic mass is 10.1. The van der Waals surface area contributed by atoms with Crippen LogP contribution in [0.3, 0.4) is 0 Å². The summed E-state index contributed by atoms with van der Waals surface area (Å²) in [5.74, 6) is 0.938. The van der Waals surface area contributed by atoms with Crippen molar-refractivity contribution in [3.63, 3.8) is 0 Å². The van der Waals surface area contributed by atoms with E-state index in [0.29, 0.717) is 24.7 Å². The van der Waals surface area contributed by atoms with E-state index < -0.39 is 22.0 Å². The van der Waals surface area contributed by atoms with E-state index >= 15 is 0 Å². The van der Waals surface area contributed by atoms with Crippen molar-refractivity contribution in [3.05, 3.63) is 30.2 Å². The monoisotopic (exact) mass is 393 g/mol. The maximum atomic E-state index is 12.7. The maximum absolute atomic E-state index is 12.7. The summed E-state index contributed by atoms with van der Waals surface area (Å²) in [5.41, 5.74) is 0.742. The molecule has 0 N–H and O–H groups in total. The normalized spacial score (nSPS) is 23.8. The Balaban J connectivity index is 1.46. The van der Waals surface area contributed by atoms with E-state index in [1.165, 1.54) is 0 Å². The Labute approximate surface area is 156 Å². The Hall–Kier alpha value is -2.46. The highest BCUT2D eigenvalue weighted by Gasteiger charge is 2.45. The molecule has 2 aromatic rings. The van der Waals surface area contributed by atoms with Crippen molar-refractivity contribution in [1.29, 1.82) is 0 Å². The van der Waals surface area contributed by atoms with Gasteiger partial charge in [0.05, 0.1) is 37.4 Å². The van der Waals surface area contributed by atoms with Gasteiger partial charge in [-0.1, -0.05) is 5.16 Å². The van der Waals surface area contributed by atoms with Crippen LogP contribution in [0.5, 0.6) is 5.75 Å². The van der Waals surface area contributed by atoms with Gasteiger partial charge in [-0.25, -0.2) is 8.42 Å². The molecule has 2 atom stereocenters. The first kappa shape index (κ1) is 17.9. The van der Waals surface area contributed by atoms with Crippen LogP contribution in [0, 0.1) is 0 Å². The number of carbonyl (C=O) groups excluding carboxylic acids is 1. The highest BCUT2D eigenvalue weighted by Crippen LogP contribution is 2.25. The molecule has 2 saturated heterocycles. The van der Waals surface area contributed by atoms with Gasteiger partial charge in [-0.05, 0) is 24.3 Å². The lowest BCUT2D eigenvalue weighted by molar-refractivity contribution is -0.142. The molecular weight excluding hydrogens is 374 g/mol. The number of sulfone groups is 1. The SMILES string of the molecule is COc1ccc(-c2noc(CC(=O)N3CCOC4CS(=O)(=O)CC43)n2)cc1. The van der Waals surface area contributed by atoms with E-state index in [9.17, 15) is 13.2 Å². The Morgan fingerprint density at radius 2 is 2.07 bits per heavy atom. The minimum atomic E-state index is -3.19. The van der Waals surface area contributed by atoms with Crippen LogP contribution in [0.15, 0.2) is 28.8 Å². The summed E-state index contributed by atoms with van der Waals surface area (Å²) in [5, 5.41) is 3.91. The number of rotatable bonds is 4. The van der Waals surface area contributed by atoms with E-state index in [1.807, 2.05) is 0 Å². The molecule has 0 spiro atoms. The van der Waals surface area contributed by atoms with Crippen molar-refractivity contribution >= 4 is 15.7 Å². The van der Waals surface area contributed by atoms with Crippen molar-refractivity contribution in [3.8, 4) is 17.1 Å². The molecule has 144 valence electrons. The Kier molecular flexibility index (Phi) is 4.60. The molecule has 0 saturated carbocycles. The summed E-state index contributed by atoms with van der Waals surface area (Å²) in [6.07, 6.45) is -0.530. The third kappa shape index (κ3) is 3.67. The van der Waals surface area contributed by atoms with Crippen LogP contribution >= 0.6 is 0 Å². The zero-order valence-corrected chi connectivity index (χ0v) is 15.5. The van der Waals surface area contributed by atoms with Crippen molar-refractivity contribution in [2.45, 2.75) is 18.6 Å². The van der Waals surface area contributed by atoms with Crippen LogP contribution in [0.4, 0.5) is 0 Å². The molecule has 0 bridgehead atoms. The van der Waals surface area contributed by atoms with Crippen LogP contribution in [0.2, 0.25) is 0 Å². The van der Waals surface area contributed by atoms with Crippen molar-refractivity contribution < 1.29 is 27.2 Å². The molecule has 2 aliphatic rings. The molecule has 2 fully saturated rings. The molecule has 9 nitrogen and oxygen atoms in total. The second-order valence-corrected chi connectivity index (χ2v) is 8.71. The Morgan fingerprint density at radius 1 is 1.30 bits per heavy atom. The first-order valence-corrected chi connectivity index (χ1v) is 10.4. The lowest BCUT2D eigenvalue weighted by Crippen LogP contribution is -2.53. The van der Waals surface area contributed by atoms with E-state index in [1.54, 1.807) is 36.3 Å². The van der Waals surface area contributed by atoms with Crippen molar-refractivity contribution in [1.82, 2.24) is 15.0 Å². The zero-order chi connectivity index (χ0) is 19.0. The molecule has 0 aliphatic carbocycles. The molecular formula is C17H19N3O6S. The summed E-state index contributed by atoms with van der Waals surface area (Å²) in [4.78, 5) is 18.5. The number of aromatic nitrogens is 2. The molecule has 2 aliphatic heterocycles. The van der Waals surface area contributed by atoms with Crippen molar-refractivity contribution in [2.24, 2.45) is 0 Å². The van der Waals surface area contributed by atoms with Crippen LogP contribution < -0.4 is 4.74 Å². The highest BCUT2D eigenvalue weighted by atomic mass is 32.2. The van der Waals surface area contributed by atoms with Gasteiger partial charge in [0.15, 0.2) is 9.84 Å². The van der Waals surface area contributed by atoms with Gasteiger partial charge in [-0.2, -0.15) is 4.98 Å². The van der Waals surface area contributed by atoms with Crippen LogP contribution in [-0.4, -0.2) is 73.3 Å². The second-order valence-electron chi connectivity index (χ2n) is 6.56. The maximum Gasteiger partial charge on any atom is 0.236 e. The van der Waals surface area contributed by atoms with E-state index in [-0.39, 0.29) is 29.7 Å². The third-order valence-electron chi connectivity index (χ3n) is 4.78. The number of carbonyl (C=O) groups is 1.